The molecule has 0 spiro atoms. The third-order valence-corrected chi connectivity index (χ3v) is 6.51. The molecule has 0 saturated carbocycles. The second-order valence-corrected chi connectivity index (χ2v) is 9.60. The summed E-state index contributed by atoms with van der Waals surface area (Å²) in [7, 11) is 0. The molecule has 0 amide bonds. The average Bonchev–Trinajstić information content (AvgIpc) is 3.23. The van der Waals surface area contributed by atoms with E-state index in [9.17, 15) is 0 Å². The molecule has 4 aromatic carbocycles. The van der Waals surface area contributed by atoms with Crippen LogP contribution in [0.25, 0.3) is 55.8 Å². The first-order chi connectivity index (χ1) is 16.2. The molecule has 158 valence electrons. The maximum Gasteiger partial charge on any atom is 0.160 e. The van der Waals surface area contributed by atoms with Crippen LogP contribution in [0.15, 0.2) is 110 Å². The molecule has 6 aromatic rings. The fourth-order valence-electron chi connectivity index (χ4n) is 4.10. The number of furan rings is 1. The molecule has 3 nitrogen and oxygen atoms in total. The first-order valence-electron chi connectivity index (χ1n) is 10.5. The van der Waals surface area contributed by atoms with Crippen molar-refractivity contribution in [2.24, 2.45) is 0 Å². The minimum atomic E-state index is 0.673. The Morgan fingerprint density at radius 2 is 1.27 bits per heavy atom. The second kappa shape index (κ2) is 8.25. The number of benzene rings is 4. The Kier molecular flexibility index (Phi) is 5.08. The van der Waals surface area contributed by atoms with Gasteiger partial charge in [0.25, 0.3) is 0 Å². The minimum Gasteiger partial charge on any atom is -0.455 e. The lowest BCUT2D eigenvalue weighted by molar-refractivity contribution is 0.670. The molecule has 6 rings (SSSR count). The van der Waals surface area contributed by atoms with Gasteiger partial charge in [0, 0.05) is 36.4 Å². The van der Waals surface area contributed by atoms with Crippen LogP contribution in [0.4, 0.5) is 0 Å². The zero-order chi connectivity index (χ0) is 22.4. The van der Waals surface area contributed by atoms with E-state index >= 15 is 0 Å². The minimum absolute atomic E-state index is 0.673. The standard InChI is InChI=1S/C28H16Br2N2O/c29-19-13-18(14-20(30)15-19)24-16-25(32-28(31-24)17-7-2-1-3-8-17)23-11-6-10-22-21-9-4-5-12-26(21)33-27(22)23/h1-16H. The van der Waals surface area contributed by atoms with Gasteiger partial charge in [0.2, 0.25) is 0 Å². The highest BCUT2D eigenvalue weighted by atomic mass is 79.9. The van der Waals surface area contributed by atoms with E-state index in [1.54, 1.807) is 0 Å². The highest BCUT2D eigenvalue weighted by molar-refractivity contribution is 9.11. The van der Waals surface area contributed by atoms with Crippen molar-refractivity contribution in [3.8, 4) is 33.9 Å². The van der Waals surface area contributed by atoms with E-state index < -0.39 is 0 Å². The lowest BCUT2D eigenvalue weighted by Crippen LogP contribution is -1.96. The number of para-hydroxylation sites is 2. The van der Waals surface area contributed by atoms with Crippen LogP contribution in [-0.4, -0.2) is 9.97 Å². The molecule has 0 radical (unpaired) electrons. The summed E-state index contributed by atoms with van der Waals surface area (Å²) in [4.78, 5) is 9.89. The van der Waals surface area contributed by atoms with Gasteiger partial charge in [-0.1, -0.05) is 92.5 Å². The summed E-state index contributed by atoms with van der Waals surface area (Å²) in [5.41, 5.74) is 6.26. The first kappa shape index (κ1) is 20.3. The number of aromatic nitrogens is 2. The van der Waals surface area contributed by atoms with E-state index in [1.807, 2.05) is 60.7 Å². The molecule has 0 bridgehead atoms. The van der Waals surface area contributed by atoms with Crippen molar-refractivity contribution in [3.05, 3.63) is 106 Å². The number of hydrogen-bond donors (Lipinski definition) is 0. The topological polar surface area (TPSA) is 38.9 Å². The average molecular weight is 556 g/mol. The summed E-state index contributed by atoms with van der Waals surface area (Å²) in [5.74, 6) is 0.673. The zero-order valence-corrected chi connectivity index (χ0v) is 20.5. The van der Waals surface area contributed by atoms with Crippen LogP contribution >= 0.6 is 31.9 Å². The van der Waals surface area contributed by atoms with Crippen molar-refractivity contribution in [2.75, 3.05) is 0 Å². The third-order valence-electron chi connectivity index (χ3n) is 5.60. The van der Waals surface area contributed by atoms with Gasteiger partial charge in [-0.25, -0.2) is 9.97 Å². The Morgan fingerprint density at radius 3 is 2.09 bits per heavy atom. The molecule has 0 aliphatic heterocycles. The predicted molar refractivity (Wildman–Crippen MR) is 141 cm³/mol. The maximum atomic E-state index is 6.29. The van der Waals surface area contributed by atoms with E-state index in [4.69, 9.17) is 14.4 Å². The quantitative estimate of drug-likeness (QED) is 0.219. The van der Waals surface area contributed by atoms with Gasteiger partial charge in [-0.3, -0.25) is 0 Å². The van der Waals surface area contributed by atoms with Crippen molar-refractivity contribution in [3.63, 3.8) is 0 Å². The third kappa shape index (κ3) is 3.77. The van der Waals surface area contributed by atoms with Crippen molar-refractivity contribution in [2.45, 2.75) is 0 Å². The second-order valence-electron chi connectivity index (χ2n) is 7.77. The van der Waals surface area contributed by atoms with Crippen molar-refractivity contribution < 1.29 is 4.42 Å². The lowest BCUT2D eigenvalue weighted by Gasteiger charge is -2.10. The van der Waals surface area contributed by atoms with Gasteiger partial charge in [0.15, 0.2) is 5.82 Å². The van der Waals surface area contributed by atoms with Gasteiger partial charge < -0.3 is 4.42 Å². The lowest BCUT2D eigenvalue weighted by atomic mass is 10.0. The summed E-state index contributed by atoms with van der Waals surface area (Å²) in [6.07, 6.45) is 0. The molecule has 0 unspecified atom stereocenters. The SMILES string of the molecule is Brc1cc(Br)cc(-c2cc(-c3cccc4c3oc3ccccc34)nc(-c3ccccc3)n2)c1. The van der Waals surface area contributed by atoms with E-state index in [0.29, 0.717) is 5.82 Å². The summed E-state index contributed by atoms with van der Waals surface area (Å²) < 4.78 is 8.25. The van der Waals surface area contributed by atoms with Crippen LogP contribution in [0.1, 0.15) is 0 Å². The Hall–Kier alpha value is -3.28. The van der Waals surface area contributed by atoms with Gasteiger partial charge in [-0.05, 0) is 36.4 Å². The molecule has 0 saturated heterocycles. The summed E-state index contributed by atoms with van der Waals surface area (Å²) >= 11 is 7.20. The molecule has 0 N–H and O–H groups in total. The van der Waals surface area contributed by atoms with Crippen LogP contribution in [0.5, 0.6) is 0 Å². The van der Waals surface area contributed by atoms with Gasteiger partial charge in [0.1, 0.15) is 11.2 Å². The van der Waals surface area contributed by atoms with Crippen LogP contribution in [0, 0.1) is 0 Å². The fourth-order valence-corrected chi connectivity index (χ4v) is 5.39. The summed E-state index contributed by atoms with van der Waals surface area (Å²) in [5, 5.41) is 2.18. The van der Waals surface area contributed by atoms with Crippen LogP contribution < -0.4 is 0 Å². The highest BCUT2D eigenvalue weighted by Crippen LogP contribution is 2.37. The van der Waals surface area contributed by atoms with Gasteiger partial charge >= 0.3 is 0 Å². The first-order valence-corrected chi connectivity index (χ1v) is 12.1. The molecule has 2 heterocycles. The molecular weight excluding hydrogens is 540 g/mol. The highest BCUT2D eigenvalue weighted by Gasteiger charge is 2.16. The number of halogens is 2. The van der Waals surface area contributed by atoms with E-state index in [2.05, 4.69) is 68.3 Å². The van der Waals surface area contributed by atoms with E-state index in [0.717, 1.165) is 59.0 Å². The number of hydrogen-bond acceptors (Lipinski definition) is 3. The van der Waals surface area contributed by atoms with E-state index in [1.165, 1.54) is 0 Å². The Balaban J connectivity index is 1.64. The van der Waals surface area contributed by atoms with Crippen molar-refractivity contribution in [1.29, 1.82) is 0 Å². The largest absolute Gasteiger partial charge is 0.455 e. The molecule has 5 heteroatoms. The normalized spacial score (nSPS) is 11.3. The van der Waals surface area contributed by atoms with Gasteiger partial charge in [0.05, 0.1) is 11.4 Å². The molecule has 0 aliphatic rings. The Morgan fingerprint density at radius 1 is 0.576 bits per heavy atom. The Bertz CT molecular complexity index is 1620. The molecule has 33 heavy (non-hydrogen) atoms. The fraction of sp³-hybridized carbons (Fsp3) is 0. The predicted octanol–water partition coefficient (Wildman–Crippen LogP) is 8.90. The molecule has 0 aliphatic carbocycles. The molecule has 0 atom stereocenters. The van der Waals surface area contributed by atoms with Crippen LogP contribution in [0.2, 0.25) is 0 Å². The van der Waals surface area contributed by atoms with E-state index in [-0.39, 0.29) is 0 Å². The number of rotatable bonds is 3. The van der Waals surface area contributed by atoms with Crippen LogP contribution in [-0.2, 0) is 0 Å². The zero-order valence-electron chi connectivity index (χ0n) is 17.3. The number of nitrogens with zero attached hydrogens (tertiary/aromatic N) is 2. The molecule has 2 aromatic heterocycles. The van der Waals surface area contributed by atoms with Gasteiger partial charge in [-0.2, -0.15) is 0 Å². The summed E-state index contributed by atoms with van der Waals surface area (Å²) in [6, 6.07) is 32.5. The number of fused-ring (bicyclic) bond motifs is 3. The van der Waals surface area contributed by atoms with Crippen LogP contribution in [0.3, 0.4) is 0 Å². The summed E-state index contributed by atoms with van der Waals surface area (Å²) in [6.45, 7) is 0. The van der Waals surface area contributed by atoms with Crippen molar-refractivity contribution >= 4 is 53.8 Å². The molecule has 0 fully saturated rings. The van der Waals surface area contributed by atoms with Crippen molar-refractivity contribution in [1.82, 2.24) is 9.97 Å². The monoisotopic (exact) mass is 554 g/mol. The smallest absolute Gasteiger partial charge is 0.160 e. The maximum absolute atomic E-state index is 6.29. The van der Waals surface area contributed by atoms with Gasteiger partial charge in [-0.15, -0.1) is 0 Å². The Labute approximate surface area is 207 Å². The molecular formula is C28H16Br2N2O.